The average Bonchev–Trinajstić information content (AvgIpc) is 3.17. The zero-order valence-electron chi connectivity index (χ0n) is 17.3. The third kappa shape index (κ3) is 4.82. The van der Waals surface area contributed by atoms with Crippen molar-refractivity contribution in [2.24, 2.45) is 7.05 Å². The van der Waals surface area contributed by atoms with E-state index in [1.807, 2.05) is 34.0 Å². The van der Waals surface area contributed by atoms with Crippen molar-refractivity contribution in [2.45, 2.75) is 39.7 Å². The molecule has 1 aliphatic rings. The molecule has 2 heterocycles. The molecule has 154 valence electrons. The molecule has 1 aromatic carbocycles. The summed E-state index contributed by atoms with van der Waals surface area (Å²) in [5, 5.41) is 10.1. The summed E-state index contributed by atoms with van der Waals surface area (Å²) in [5.74, 6) is -0.360. The van der Waals surface area contributed by atoms with Gasteiger partial charge < -0.3 is 15.5 Å². The first-order valence-electron chi connectivity index (χ1n) is 9.75. The van der Waals surface area contributed by atoms with Gasteiger partial charge in [0.05, 0.1) is 18.2 Å². The van der Waals surface area contributed by atoms with Gasteiger partial charge in [0.25, 0.3) is 5.91 Å². The van der Waals surface area contributed by atoms with Gasteiger partial charge in [-0.3, -0.25) is 19.1 Å². The molecule has 3 amide bonds. The number of likely N-dealkylation sites (N-methyl/N-ethyl adjacent to an activating group) is 1. The van der Waals surface area contributed by atoms with Crippen molar-refractivity contribution in [1.29, 1.82) is 0 Å². The van der Waals surface area contributed by atoms with Crippen molar-refractivity contribution in [2.75, 3.05) is 18.4 Å². The molecule has 1 aliphatic heterocycles. The SMILES string of the molecule is CCN1CC(NC(=O)c2ccc(C)c(NC(=O)Cc3cn(C)nc3C)c2)CC1=O. The van der Waals surface area contributed by atoms with Crippen molar-refractivity contribution >= 4 is 23.4 Å². The Bertz CT molecular complexity index is 950. The molecule has 8 nitrogen and oxygen atoms in total. The lowest BCUT2D eigenvalue weighted by molar-refractivity contribution is -0.127. The minimum Gasteiger partial charge on any atom is -0.347 e. The molecule has 1 atom stereocenters. The number of hydrogen-bond donors (Lipinski definition) is 2. The van der Waals surface area contributed by atoms with Crippen LogP contribution in [0, 0.1) is 13.8 Å². The summed E-state index contributed by atoms with van der Waals surface area (Å²) < 4.78 is 1.68. The lowest BCUT2D eigenvalue weighted by atomic mass is 10.1. The number of rotatable bonds is 6. The molecule has 2 N–H and O–H groups in total. The molecule has 2 aromatic rings. The third-order valence-electron chi connectivity index (χ3n) is 5.17. The highest BCUT2D eigenvalue weighted by molar-refractivity contribution is 5.98. The van der Waals surface area contributed by atoms with Crippen molar-refractivity contribution in [3.05, 3.63) is 46.8 Å². The summed E-state index contributed by atoms with van der Waals surface area (Å²) in [6.07, 6.45) is 2.36. The quantitative estimate of drug-likeness (QED) is 0.773. The number of nitrogens with one attached hydrogen (secondary N) is 2. The summed E-state index contributed by atoms with van der Waals surface area (Å²) in [5.41, 5.74) is 3.60. The van der Waals surface area contributed by atoms with Crippen molar-refractivity contribution in [3.8, 4) is 0 Å². The van der Waals surface area contributed by atoms with Crippen LogP contribution in [0.3, 0.4) is 0 Å². The van der Waals surface area contributed by atoms with Crippen LogP contribution >= 0.6 is 0 Å². The van der Waals surface area contributed by atoms with Gasteiger partial charge in [-0.15, -0.1) is 0 Å². The van der Waals surface area contributed by atoms with E-state index in [0.29, 0.717) is 30.8 Å². The number of benzene rings is 1. The fourth-order valence-electron chi connectivity index (χ4n) is 3.53. The van der Waals surface area contributed by atoms with E-state index in [-0.39, 0.29) is 30.2 Å². The van der Waals surface area contributed by atoms with E-state index < -0.39 is 0 Å². The largest absolute Gasteiger partial charge is 0.347 e. The van der Waals surface area contributed by atoms with E-state index in [1.165, 1.54) is 0 Å². The average molecular weight is 397 g/mol. The number of carbonyl (C=O) groups excluding carboxylic acids is 3. The second-order valence-corrected chi connectivity index (χ2v) is 7.47. The number of nitrogens with zero attached hydrogens (tertiary/aromatic N) is 3. The van der Waals surface area contributed by atoms with Crippen LogP contribution in [0.5, 0.6) is 0 Å². The van der Waals surface area contributed by atoms with E-state index in [0.717, 1.165) is 16.8 Å². The van der Waals surface area contributed by atoms with Gasteiger partial charge in [-0.2, -0.15) is 5.10 Å². The Balaban J connectivity index is 1.66. The van der Waals surface area contributed by atoms with Crippen LogP contribution in [0.4, 0.5) is 5.69 Å². The van der Waals surface area contributed by atoms with Crippen molar-refractivity contribution in [3.63, 3.8) is 0 Å². The summed E-state index contributed by atoms with van der Waals surface area (Å²) in [4.78, 5) is 38.7. The van der Waals surface area contributed by atoms with Gasteiger partial charge in [-0.05, 0) is 38.5 Å². The minimum absolute atomic E-state index is 0.0559. The highest BCUT2D eigenvalue weighted by atomic mass is 16.2. The van der Waals surface area contributed by atoms with Crippen LogP contribution < -0.4 is 10.6 Å². The molecule has 1 saturated heterocycles. The molecule has 0 spiro atoms. The maximum atomic E-state index is 12.6. The smallest absolute Gasteiger partial charge is 0.251 e. The summed E-state index contributed by atoms with van der Waals surface area (Å²) in [7, 11) is 1.82. The molecule has 8 heteroatoms. The number of amides is 3. The molecule has 0 saturated carbocycles. The lowest BCUT2D eigenvalue weighted by Gasteiger charge is -2.15. The molecule has 1 aromatic heterocycles. The van der Waals surface area contributed by atoms with Gasteiger partial charge in [0.1, 0.15) is 0 Å². The Morgan fingerprint density at radius 1 is 1.28 bits per heavy atom. The van der Waals surface area contributed by atoms with E-state index >= 15 is 0 Å². The van der Waals surface area contributed by atoms with Crippen LogP contribution in [-0.4, -0.2) is 51.5 Å². The number of likely N-dealkylation sites (tertiary alicyclic amines) is 1. The zero-order chi connectivity index (χ0) is 21.1. The molecule has 0 bridgehead atoms. The number of aromatic nitrogens is 2. The summed E-state index contributed by atoms with van der Waals surface area (Å²) in [6, 6.07) is 5.01. The number of anilines is 1. The Morgan fingerprint density at radius 3 is 2.66 bits per heavy atom. The first kappa shape index (κ1) is 20.6. The highest BCUT2D eigenvalue weighted by Crippen LogP contribution is 2.19. The fourth-order valence-corrected chi connectivity index (χ4v) is 3.53. The Hall–Kier alpha value is -3.16. The Labute approximate surface area is 170 Å². The Kier molecular flexibility index (Phi) is 6.00. The Morgan fingerprint density at radius 2 is 2.03 bits per heavy atom. The van der Waals surface area contributed by atoms with Crippen molar-refractivity contribution in [1.82, 2.24) is 20.0 Å². The lowest BCUT2D eigenvalue weighted by Crippen LogP contribution is -2.37. The monoisotopic (exact) mass is 397 g/mol. The number of hydrogen-bond acceptors (Lipinski definition) is 4. The van der Waals surface area contributed by atoms with Gasteiger partial charge >= 0.3 is 0 Å². The predicted octanol–water partition coefficient (Wildman–Crippen LogP) is 1.57. The topological polar surface area (TPSA) is 96.3 Å². The second kappa shape index (κ2) is 8.46. The van der Waals surface area contributed by atoms with Gasteiger partial charge in [0.2, 0.25) is 11.8 Å². The van der Waals surface area contributed by atoms with Crippen LogP contribution in [0.1, 0.15) is 40.5 Å². The number of carbonyl (C=O) groups is 3. The first-order chi connectivity index (χ1) is 13.8. The fraction of sp³-hybridized carbons (Fsp3) is 0.429. The minimum atomic E-state index is -0.251. The van der Waals surface area contributed by atoms with Gasteiger partial charge in [-0.25, -0.2) is 0 Å². The molecule has 1 unspecified atom stereocenters. The number of aryl methyl sites for hydroxylation is 3. The van der Waals surface area contributed by atoms with Crippen LogP contribution in [0.2, 0.25) is 0 Å². The van der Waals surface area contributed by atoms with Crippen LogP contribution in [0.25, 0.3) is 0 Å². The van der Waals surface area contributed by atoms with E-state index in [1.54, 1.807) is 27.8 Å². The standard InChI is InChI=1S/C21H27N5O3/c1-5-26-12-17(10-20(26)28)22-21(29)15-7-6-13(2)18(8-15)23-19(27)9-16-11-25(4)24-14(16)3/h6-8,11,17H,5,9-10,12H2,1-4H3,(H,22,29)(H,23,27). The van der Waals surface area contributed by atoms with Crippen LogP contribution in [-0.2, 0) is 23.1 Å². The maximum Gasteiger partial charge on any atom is 0.251 e. The molecule has 0 radical (unpaired) electrons. The van der Waals surface area contributed by atoms with E-state index in [2.05, 4.69) is 15.7 Å². The summed E-state index contributed by atoms with van der Waals surface area (Å²) in [6.45, 7) is 6.83. The third-order valence-corrected chi connectivity index (χ3v) is 5.17. The molecule has 0 aliphatic carbocycles. The van der Waals surface area contributed by atoms with E-state index in [4.69, 9.17) is 0 Å². The van der Waals surface area contributed by atoms with Crippen LogP contribution in [0.15, 0.2) is 24.4 Å². The maximum absolute atomic E-state index is 12.6. The van der Waals surface area contributed by atoms with Gasteiger partial charge in [0.15, 0.2) is 0 Å². The molecule has 3 rings (SSSR count). The zero-order valence-corrected chi connectivity index (χ0v) is 17.3. The van der Waals surface area contributed by atoms with Crippen molar-refractivity contribution < 1.29 is 14.4 Å². The molecule has 1 fully saturated rings. The predicted molar refractivity (Wildman–Crippen MR) is 110 cm³/mol. The van der Waals surface area contributed by atoms with Gasteiger partial charge in [0, 0.05) is 49.6 Å². The first-order valence-corrected chi connectivity index (χ1v) is 9.75. The van der Waals surface area contributed by atoms with Gasteiger partial charge in [-0.1, -0.05) is 6.07 Å². The highest BCUT2D eigenvalue weighted by Gasteiger charge is 2.29. The van der Waals surface area contributed by atoms with E-state index in [9.17, 15) is 14.4 Å². The molecular formula is C21H27N5O3. The molecular weight excluding hydrogens is 370 g/mol. The second-order valence-electron chi connectivity index (χ2n) is 7.47. The molecule has 29 heavy (non-hydrogen) atoms. The summed E-state index contributed by atoms with van der Waals surface area (Å²) >= 11 is 0. The normalized spacial score (nSPS) is 16.2.